The highest BCUT2D eigenvalue weighted by Crippen LogP contribution is 2.34. The quantitative estimate of drug-likeness (QED) is 0.487. The van der Waals surface area contributed by atoms with Crippen LogP contribution in [0.25, 0.3) is 21.8 Å². The van der Waals surface area contributed by atoms with E-state index in [4.69, 9.17) is 0 Å². The second-order valence-corrected chi connectivity index (χ2v) is 10.5. The third-order valence-corrected chi connectivity index (χ3v) is 6.82. The highest BCUT2D eigenvalue weighted by molar-refractivity contribution is 6.08. The first-order chi connectivity index (χ1) is 14.3. The molecule has 1 aliphatic heterocycles. The van der Waals surface area contributed by atoms with Gasteiger partial charge in [-0.1, -0.05) is 51.5 Å². The number of nitrogens with zero attached hydrogens (tertiary/aromatic N) is 3. The lowest BCUT2D eigenvalue weighted by Crippen LogP contribution is -2.46. The number of rotatable bonds is 6. The van der Waals surface area contributed by atoms with Crippen molar-refractivity contribution in [3.8, 4) is 0 Å². The number of piperidine rings is 1. The summed E-state index contributed by atoms with van der Waals surface area (Å²) in [6.07, 6.45) is 5.21. The van der Waals surface area contributed by atoms with Gasteiger partial charge in [0.05, 0.1) is 0 Å². The van der Waals surface area contributed by atoms with Crippen molar-refractivity contribution in [2.75, 3.05) is 27.2 Å². The van der Waals surface area contributed by atoms with Crippen molar-refractivity contribution in [1.29, 1.82) is 0 Å². The predicted molar refractivity (Wildman–Crippen MR) is 130 cm³/mol. The van der Waals surface area contributed by atoms with E-state index in [0.717, 1.165) is 19.6 Å². The lowest BCUT2D eigenvalue weighted by molar-refractivity contribution is 0.0574. The zero-order valence-corrected chi connectivity index (χ0v) is 19.6. The largest absolute Gasteiger partial charge is 0.340 e. The van der Waals surface area contributed by atoms with E-state index in [2.05, 4.69) is 91.7 Å². The minimum Gasteiger partial charge on any atom is -0.340 e. The Morgan fingerprint density at radius 1 is 0.967 bits per heavy atom. The lowest BCUT2D eigenvalue weighted by Gasteiger charge is -2.43. The molecule has 30 heavy (non-hydrogen) atoms. The van der Waals surface area contributed by atoms with Crippen molar-refractivity contribution in [2.45, 2.75) is 65.6 Å². The molecule has 0 amide bonds. The summed E-state index contributed by atoms with van der Waals surface area (Å²) >= 11 is 0. The van der Waals surface area contributed by atoms with Gasteiger partial charge in [-0.05, 0) is 75.6 Å². The molecule has 0 saturated carbocycles. The standard InChI is InChI=1S/C27H39N3/c1-27(2,3)26-13-8-9-17-29(26)20-21-14-15-25-23(19-21)22-11-6-7-12-24(22)30(25)18-10-16-28(4)5/h6-7,11-12,14-15,19,26H,8-10,13,16-18,20H2,1-5H3. The fourth-order valence-electron chi connectivity index (χ4n) is 5.38. The molecule has 3 aromatic rings. The van der Waals surface area contributed by atoms with Crippen LogP contribution in [0.4, 0.5) is 0 Å². The molecule has 0 radical (unpaired) electrons. The van der Waals surface area contributed by atoms with Crippen molar-refractivity contribution in [3.05, 3.63) is 48.0 Å². The molecule has 1 unspecified atom stereocenters. The van der Waals surface area contributed by atoms with Crippen LogP contribution >= 0.6 is 0 Å². The van der Waals surface area contributed by atoms with Gasteiger partial charge in [-0.15, -0.1) is 0 Å². The Morgan fingerprint density at radius 2 is 1.73 bits per heavy atom. The molecule has 1 fully saturated rings. The Balaban J connectivity index is 1.66. The Morgan fingerprint density at radius 3 is 2.50 bits per heavy atom. The summed E-state index contributed by atoms with van der Waals surface area (Å²) in [4.78, 5) is 5.01. The van der Waals surface area contributed by atoms with Crippen LogP contribution in [-0.4, -0.2) is 47.6 Å². The monoisotopic (exact) mass is 405 g/mol. The van der Waals surface area contributed by atoms with Crippen LogP contribution in [0.3, 0.4) is 0 Å². The molecular weight excluding hydrogens is 366 g/mol. The van der Waals surface area contributed by atoms with Gasteiger partial charge in [0.2, 0.25) is 0 Å². The molecule has 3 heteroatoms. The molecule has 162 valence electrons. The highest BCUT2D eigenvalue weighted by atomic mass is 15.2. The molecule has 3 nitrogen and oxygen atoms in total. The van der Waals surface area contributed by atoms with E-state index in [9.17, 15) is 0 Å². The summed E-state index contributed by atoms with van der Waals surface area (Å²) in [6.45, 7) is 11.7. The molecule has 1 aromatic heterocycles. The van der Waals surface area contributed by atoms with Crippen molar-refractivity contribution in [3.63, 3.8) is 0 Å². The van der Waals surface area contributed by atoms with Crippen LogP contribution < -0.4 is 0 Å². The maximum atomic E-state index is 2.74. The summed E-state index contributed by atoms with van der Waals surface area (Å²) in [5.41, 5.74) is 4.54. The third kappa shape index (κ3) is 4.43. The van der Waals surface area contributed by atoms with E-state index < -0.39 is 0 Å². The van der Waals surface area contributed by atoms with E-state index >= 15 is 0 Å². The maximum Gasteiger partial charge on any atom is 0.0491 e. The number of aromatic nitrogens is 1. The second kappa shape index (κ2) is 8.72. The summed E-state index contributed by atoms with van der Waals surface area (Å²) in [6, 6.07) is 16.8. The van der Waals surface area contributed by atoms with Crippen molar-refractivity contribution in [2.24, 2.45) is 5.41 Å². The Bertz CT molecular complexity index is 992. The van der Waals surface area contributed by atoms with E-state index in [-0.39, 0.29) is 0 Å². The molecule has 1 atom stereocenters. The molecule has 4 rings (SSSR count). The first-order valence-electron chi connectivity index (χ1n) is 11.7. The fourth-order valence-corrected chi connectivity index (χ4v) is 5.38. The summed E-state index contributed by atoms with van der Waals surface area (Å²) in [5, 5.41) is 2.81. The first kappa shape index (κ1) is 21.4. The van der Waals surface area contributed by atoms with Crippen LogP contribution in [0.5, 0.6) is 0 Å². The van der Waals surface area contributed by atoms with Gasteiger partial charge in [-0.25, -0.2) is 0 Å². The summed E-state index contributed by atoms with van der Waals surface area (Å²) < 4.78 is 2.52. The highest BCUT2D eigenvalue weighted by Gasteiger charge is 2.32. The van der Waals surface area contributed by atoms with Gasteiger partial charge >= 0.3 is 0 Å². The molecule has 1 saturated heterocycles. The molecule has 0 spiro atoms. The van der Waals surface area contributed by atoms with Gasteiger partial charge in [0, 0.05) is 40.9 Å². The molecular formula is C27H39N3. The summed E-state index contributed by atoms with van der Waals surface area (Å²) in [7, 11) is 4.31. The van der Waals surface area contributed by atoms with Gasteiger partial charge in [-0.3, -0.25) is 4.90 Å². The number of hydrogen-bond acceptors (Lipinski definition) is 2. The predicted octanol–water partition coefficient (Wildman–Crippen LogP) is 6.15. The molecule has 0 N–H and O–H groups in total. The number of fused-ring (bicyclic) bond motifs is 3. The maximum absolute atomic E-state index is 2.74. The number of likely N-dealkylation sites (tertiary alicyclic amines) is 1. The third-order valence-electron chi connectivity index (χ3n) is 6.82. The molecule has 0 aliphatic carbocycles. The first-order valence-corrected chi connectivity index (χ1v) is 11.7. The fraction of sp³-hybridized carbons (Fsp3) is 0.556. The Kier molecular flexibility index (Phi) is 6.22. The number of hydrogen-bond donors (Lipinski definition) is 0. The zero-order valence-electron chi connectivity index (χ0n) is 19.6. The van der Waals surface area contributed by atoms with Gasteiger partial charge < -0.3 is 9.47 Å². The number of benzene rings is 2. The van der Waals surface area contributed by atoms with Gasteiger partial charge in [0.25, 0.3) is 0 Å². The number of aryl methyl sites for hydroxylation is 1. The lowest BCUT2D eigenvalue weighted by atomic mass is 9.80. The topological polar surface area (TPSA) is 11.4 Å². The van der Waals surface area contributed by atoms with Crippen LogP contribution in [0, 0.1) is 5.41 Å². The molecule has 2 aromatic carbocycles. The summed E-state index contributed by atoms with van der Waals surface area (Å²) in [5.74, 6) is 0. The van der Waals surface area contributed by atoms with Crippen LogP contribution in [0.2, 0.25) is 0 Å². The minimum absolute atomic E-state index is 0.340. The smallest absolute Gasteiger partial charge is 0.0491 e. The minimum atomic E-state index is 0.340. The van der Waals surface area contributed by atoms with Crippen LogP contribution in [-0.2, 0) is 13.1 Å². The SMILES string of the molecule is CN(C)CCCn1c2ccccc2c2cc(CN3CCCCC3C(C)(C)C)ccc21. The van der Waals surface area contributed by atoms with Crippen LogP contribution in [0.1, 0.15) is 52.0 Å². The van der Waals surface area contributed by atoms with E-state index in [1.807, 2.05) is 0 Å². The Labute approximate surface area is 182 Å². The van der Waals surface area contributed by atoms with Crippen molar-refractivity contribution < 1.29 is 0 Å². The normalized spacial score (nSPS) is 18.7. The zero-order chi connectivity index (χ0) is 21.3. The molecule has 1 aliphatic rings. The van der Waals surface area contributed by atoms with Gasteiger partial charge in [0.15, 0.2) is 0 Å². The van der Waals surface area contributed by atoms with Crippen LogP contribution in [0.15, 0.2) is 42.5 Å². The Hall–Kier alpha value is -1.84. The van der Waals surface area contributed by atoms with Crippen molar-refractivity contribution in [1.82, 2.24) is 14.4 Å². The van der Waals surface area contributed by atoms with E-state index in [1.165, 1.54) is 59.6 Å². The van der Waals surface area contributed by atoms with Gasteiger partial charge in [0.1, 0.15) is 0 Å². The van der Waals surface area contributed by atoms with E-state index in [1.54, 1.807) is 0 Å². The second-order valence-electron chi connectivity index (χ2n) is 10.5. The average Bonchev–Trinajstić information content (AvgIpc) is 3.01. The van der Waals surface area contributed by atoms with Gasteiger partial charge in [-0.2, -0.15) is 0 Å². The average molecular weight is 406 g/mol. The molecule has 2 heterocycles. The molecule has 0 bridgehead atoms. The number of para-hydroxylation sites is 1. The van der Waals surface area contributed by atoms with Crippen molar-refractivity contribution >= 4 is 21.8 Å². The van der Waals surface area contributed by atoms with E-state index in [0.29, 0.717) is 11.5 Å².